The van der Waals surface area contributed by atoms with E-state index in [0.29, 0.717) is 23.7 Å². The molecule has 0 unspecified atom stereocenters. The van der Waals surface area contributed by atoms with Crippen LogP contribution in [0.5, 0.6) is 11.5 Å². The number of aldehydes is 2. The van der Waals surface area contributed by atoms with Crippen LogP contribution in [0.1, 0.15) is 20.7 Å². The number of benzene rings is 2. The van der Waals surface area contributed by atoms with Crippen molar-refractivity contribution in [2.75, 3.05) is 0 Å². The standard InChI is InChI=1S/2C7H6O2.Ni/c2*8-5-6-3-1-2-4-7(6)9;/h2*1-5,9H;. The van der Waals surface area contributed by atoms with Crippen molar-refractivity contribution in [3.63, 3.8) is 0 Å². The Morgan fingerprint density at radius 1 is 0.684 bits per heavy atom. The Balaban J connectivity index is 0.000000324. The van der Waals surface area contributed by atoms with Gasteiger partial charge in [0.05, 0.1) is 11.1 Å². The van der Waals surface area contributed by atoms with Crippen LogP contribution in [0.2, 0.25) is 0 Å². The molecule has 0 aliphatic carbocycles. The van der Waals surface area contributed by atoms with Gasteiger partial charge in [-0.3, -0.25) is 9.59 Å². The second-order valence-electron chi connectivity index (χ2n) is 3.35. The minimum Gasteiger partial charge on any atom is -0.507 e. The third-order valence-electron chi connectivity index (χ3n) is 2.13. The fraction of sp³-hybridized carbons (Fsp3) is 0. The summed E-state index contributed by atoms with van der Waals surface area (Å²) in [6.45, 7) is 0. The van der Waals surface area contributed by atoms with Crippen molar-refractivity contribution in [3.8, 4) is 11.5 Å². The molecule has 2 N–H and O–H groups in total. The summed E-state index contributed by atoms with van der Waals surface area (Å²) in [6.07, 6.45) is 1.24. The number of aromatic hydroxyl groups is 2. The molecule has 0 aliphatic rings. The first-order valence-corrected chi connectivity index (χ1v) is 5.15. The van der Waals surface area contributed by atoms with Crippen LogP contribution in [0.15, 0.2) is 48.5 Å². The molecule has 0 heterocycles. The minimum absolute atomic E-state index is 0. The number of para-hydroxylation sites is 2. The maximum Gasteiger partial charge on any atom is 0.153 e. The van der Waals surface area contributed by atoms with Gasteiger partial charge in [-0.1, -0.05) is 24.3 Å². The third kappa shape index (κ3) is 5.36. The van der Waals surface area contributed by atoms with Crippen LogP contribution in [0.3, 0.4) is 0 Å². The smallest absolute Gasteiger partial charge is 0.153 e. The van der Waals surface area contributed by atoms with Crippen LogP contribution in [-0.2, 0) is 16.5 Å². The van der Waals surface area contributed by atoms with Crippen LogP contribution in [0.4, 0.5) is 0 Å². The Kier molecular flexibility index (Phi) is 7.90. The van der Waals surface area contributed by atoms with Crippen LogP contribution in [0, 0.1) is 0 Å². The number of carbonyl (C=O) groups is 2. The number of hydrogen-bond donors (Lipinski definition) is 2. The number of phenols is 2. The summed E-state index contributed by atoms with van der Waals surface area (Å²) in [7, 11) is 0. The normalized spacial score (nSPS) is 8.42. The largest absolute Gasteiger partial charge is 0.507 e. The Morgan fingerprint density at radius 3 is 1.21 bits per heavy atom. The van der Waals surface area contributed by atoms with Gasteiger partial charge in [-0.15, -0.1) is 0 Å². The second kappa shape index (κ2) is 8.89. The number of hydrogen-bond acceptors (Lipinski definition) is 4. The van der Waals surface area contributed by atoms with Crippen molar-refractivity contribution < 1.29 is 36.3 Å². The average molecular weight is 303 g/mol. The van der Waals surface area contributed by atoms with Crippen LogP contribution in [-0.4, -0.2) is 22.8 Å². The summed E-state index contributed by atoms with van der Waals surface area (Å²) in [5, 5.41) is 17.8. The van der Waals surface area contributed by atoms with Crippen molar-refractivity contribution >= 4 is 12.6 Å². The van der Waals surface area contributed by atoms with E-state index in [2.05, 4.69) is 0 Å². The molecular formula is C14H12NiO4. The van der Waals surface area contributed by atoms with E-state index in [1.165, 1.54) is 12.1 Å². The molecule has 4 nitrogen and oxygen atoms in total. The molecular weight excluding hydrogens is 291 g/mol. The maximum atomic E-state index is 10.1. The van der Waals surface area contributed by atoms with Gasteiger partial charge >= 0.3 is 0 Å². The van der Waals surface area contributed by atoms with E-state index in [9.17, 15) is 9.59 Å². The van der Waals surface area contributed by atoms with Crippen LogP contribution >= 0.6 is 0 Å². The van der Waals surface area contributed by atoms with Gasteiger partial charge in [-0.2, -0.15) is 0 Å². The van der Waals surface area contributed by atoms with E-state index in [0.717, 1.165) is 0 Å². The Morgan fingerprint density at radius 2 is 1.00 bits per heavy atom. The first kappa shape index (κ1) is 16.9. The quantitative estimate of drug-likeness (QED) is 0.660. The number of rotatable bonds is 2. The van der Waals surface area contributed by atoms with Gasteiger partial charge in [-0.25, -0.2) is 0 Å². The predicted octanol–water partition coefficient (Wildman–Crippen LogP) is 2.41. The van der Waals surface area contributed by atoms with Gasteiger partial charge in [-0.05, 0) is 24.3 Å². The van der Waals surface area contributed by atoms with Crippen molar-refractivity contribution in [1.29, 1.82) is 0 Å². The Bertz CT molecular complexity index is 491. The molecule has 0 radical (unpaired) electrons. The molecule has 0 spiro atoms. The fourth-order valence-corrected chi connectivity index (χ4v) is 1.17. The Hall–Kier alpha value is -2.13. The zero-order valence-electron chi connectivity index (χ0n) is 9.80. The molecule has 2 aromatic carbocycles. The molecule has 0 atom stereocenters. The molecule has 19 heavy (non-hydrogen) atoms. The first-order chi connectivity index (χ1) is 8.69. The molecule has 102 valence electrons. The molecule has 0 amide bonds. The maximum absolute atomic E-state index is 10.1. The molecule has 0 saturated heterocycles. The molecule has 2 rings (SSSR count). The molecule has 0 fully saturated rings. The summed E-state index contributed by atoms with van der Waals surface area (Å²) in [5.74, 6) is 0.0694. The predicted molar refractivity (Wildman–Crippen MR) is 67.0 cm³/mol. The van der Waals surface area contributed by atoms with Gasteiger partial charge in [0.2, 0.25) is 0 Å². The zero-order valence-corrected chi connectivity index (χ0v) is 10.8. The summed E-state index contributed by atoms with van der Waals surface area (Å²) in [6, 6.07) is 12.8. The fourth-order valence-electron chi connectivity index (χ4n) is 1.17. The summed E-state index contributed by atoms with van der Waals surface area (Å²) < 4.78 is 0. The SMILES string of the molecule is O=Cc1ccccc1O.O=Cc1ccccc1O.[Ni]. The topological polar surface area (TPSA) is 74.6 Å². The van der Waals surface area contributed by atoms with E-state index in [1.54, 1.807) is 36.4 Å². The van der Waals surface area contributed by atoms with Gasteiger partial charge < -0.3 is 10.2 Å². The number of carbonyl (C=O) groups excluding carboxylic acids is 2. The summed E-state index contributed by atoms with van der Waals surface area (Å²) >= 11 is 0. The zero-order chi connectivity index (χ0) is 13.4. The molecule has 0 aliphatic heterocycles. The first-order valence-electron chi connectivity index (χ1n) is 5.15. The van der Waals surface area contributed by atoms with Crippen LogP contribution in [0.25, 0.3) is 0 Å². The van der Waals surface area contributed by atoms with E-state index in [1.807, 2.05) is 0 Å². The molecule has 0 aromatic heterocycles. The minimum atomic E-state index is 0. The van der Waals surface area contributed by atoms with Crippen molar-refractivity contribution in [2.45, 2.75) is 0 Å². The van der Waals surface area contributed by atoms with Crippen molar-refractivity contribution in [3.05, 3.63) is 59.7 Å². The molecule has 5 heteroatoms. The Labute approximate surface area is 120 Å². The molecule has 0 bridgehead atoms. The third-order valence-corrected chi connectivity index (χ3v) is 2.13. The summed E-state index contributed by atoms with van der Waals surface area (Å²) in [4.78, 5) is 20.1. The summed E-state index contributed by atoms with van der Waals surface area (Å²) in [5.41, 5.74) is 0.662. The van der Waals surface area contributed by atoms with Crippen molar-refractivity contribution in [2.24, 2.45) is 0 Å². The van der Waals surface area contributed by atoms with Gasteiger partial charge in [0.1, 0.15) is 11.5 Å². The van der Waals surface area contributed by atoms with Gasteiger partial charge in [0.25, 0.3) is 0 Å². The van der Waals surface area contributed by atoms with Crippen molar-refractivity contribution in [1.82, 2.24) is 0 Å². The van der Waals surface area contributed by atoms with E-state index >= 15 is 0 Å². The van der Waals surface area contributed by atoms with E-state index in [-0.39, 0.29) is 28.0 Å². The van der Waals surface area contributed by atoms with Gasteiger partial charge in [0, 0.05) is 16.5 Å². The van der Waals surface area contributed by atoms with E-state index in [4.69, 9.17) is 10.2 Å². The van der Waals surface area contributed by atoms with E-state index < -0.39 is 0 Å². The second-order valence-corrected chi connectivity index (χ2v) is 3.35. The van der Waals surface area contributed by atoms with Crippen LogP contribution < -0.4 is 0 Å². The monoisotopic (exact) mass is 302 g/mol. The number of phenolic OH excluding ortho intramolecular Hbond substituents is 2. The molecule has 0 saturated carbocycles. The average Bonchev–Trinajstić information content (AvgIpc) is 2.41. The van der Waals surface area contributed by atoms with Gasteiger partial charge in [0.15, 0.2) is 12.6 Å². The molecule has 2 aromatic rings.